The van der Waals surface area contributed by atoms with Gasteiger partial charge in [-0.1, -0.05) is 17.7 Å². The van der Waals surface area contributed by atoms with Crippen LogP contribution in [0.25, 0.3) is 0 Å². The molecule has 4 heterocycles. The molecule has 0 N–H and O–H groups in total. The van der Waals surface area contributed by atoms with E-state index in [0.29, 0.717) is 50.5 Å². The van der Waals surface area contributed by atoms with Gasteiger partial charge in [-0.25, -0.2) is 0 Å². The van der Waals surface area contributed by atoms with Crippen molar-refractivity contribution in [2.45, 2.75) is 76.1 Å². The van der Waals surface area contributed by atoms with Crippen LogP contribution in [0.3, 0.4) is 0 Å². The van der Waals surface area contributed by atoms with E-state index < -0.39 is 16.8 Å². The minimum absolute atomic E-state index is 0.163. The monoisotopic (exact) mass is 463 g/mol. The highest BCUT2D eigenvalue weighted by molar-refractivity contribution is 6.02. The van der Waals surface area contributed by atoms with Gasteiger partial charge in [-0.3, -0.25) is 14.6 Å². The van der Waals surface area contributed by atoms with E-state index in [9.17, 15) is 9.59 Å². The number of pyridine rings is 1. The summed E-state index contributed by atoms with van der Waals surface area (Å²) >= 11 is 0. The van der Waals surface area contributed by atoms with Crippen molar-refractivity contribution in [1.29, 1.82) is 0 Å². The molecule has 1 saturated heterocycles. The van der Waals surface area contributed by atoms with Gasteiger partial charge in [0.1, 0.15) is 11.4 Å². The van der Waals surface area contributed by atoms with E-state index in [0.717, 1.165) is 24.1 Å². The maximum Gasteiger partial charge on any atom is 0.308 e. The van der Waals surface area contributed by atoms with Gasteiger partial charge in [-0.15, -0.1) is 0 Å². The standard InChI is InChI=1S/C26H29N3O5/c1-16(30)32-19-12-20-21(27-15-19)24(2,3)34-25(20)8-10-29(11-9-25)23-28-22(31)26(33-23)13-17-6-4-5-7-18(17)14-26/h4,6,12,15H,5,7-11,13-14H2,1-3H3. The molecule has 34 heavy (non-hydrogen) atoms. The van der Waals surface area contributed by atoms with Crippen molar-refractivity contribution in [2.24, 2.45) is 4.99 Å². The normalized spacial score (nSPS) is 28.3. The number of carbonyl (C=O) groups is 2. The molecule has 1 amide bonds. The molecule has 0 aromatic carbocycles. The highest BCUT2D eigenvalue weighted by Gasteiger charge is 2.55. The maximum absolute atomic E-state index is 13.0. The molecule has 3 aliphatic heterocycles. The fraction of sp³-hybridized carbons (Fsp3) is 0.538. The van der Waals surface area contributed by atoms with Crippen LogP contribution in [0, 0.1) is 0 Å². The minimum Gasteiger partial charge on any atom is -0.447 e. The van der Waals surface area contributed by atoms with Crippen molar-refractivity contribution < 1.29 is 23.8 Å². The van der Waals surface area contributed by atoms with E-state index in [1.807, 2.05) is 19.9 Å². The molecule has 0 saturated carbocycles. The summed E-state index contributed by atoms with van der Waals surface area (Å²) < 4.78 is 18.2. The number of hydrogen-bond acceptors (Lipinski definition) is 7. The molecular formula is C26H29N3O5. The molecule has 1 unspecified atom stereocenters. The van der Waals surface area contributed by atoms with Gasteiger partial charge in [0.05, 0.1) is 17.5 Å². The Bertz CT molecular complexity index is 1190. The first-order chi connectivity index (χ1) is 16.2. The van der Waals surface area contributed by atoms with Crippen molar-refractivity contribution in [2.75, 3.05) is 13.1 Å². The molecule has 178 valence electrons. The molecule has 2 spiro atoms. The molecule has 1 fully saturated rings. The number of amides is 1. The predicted octanol–water partition coefficient (Wildman–Crippen LogP) is 3.66. The molecule has 1 atom stereocenters. The first-order valence-corrected chi connectivity index (χ1v) is 12.0. The number of piperidine rings is 1. The second-order valence-electron chi connectivity index (χ2n) is 10.5. The number of carbonyl (C=O) groups excluding carboxylic acids is 2. The van der Waals surface area contributed by atoms with Gasteiger partial charge in [-0.05, 0) is 51.2 Å². The summed E-state index contributed by atoms with van der Waals surface area (Å²) in [6.45, 7) is 6.69. The molecule has 8 nitrogen and oxygen atoms in total. The Morgan fingerprint density at radius 3 is 2.71 bits per heavy atom. The zero-order valence-electron chi connectivity index (χ0n) is 19.8. The number of aliphatic imine (C=N–C) groups is 1. The predicted molar refractivity (Wildman–Crippen MR) is 123 cm³/mol. The lowest BCUT2D eigenvalue weighted by Crippen LogP contribution is -2.47. The van der Waals surface area contributed by atoms with Crippen molar-refractivity contribution in [3.8, 4) is 5.75 Å². The van der Waals surface area contributed by atoms with Crippen LogP contribution in [0.5, 0.6) is 5.75 Å². The minimum atomic E-state index is -0.856. The third kappa shape index (κ3) is 3.22. The molecule has 6 rings (SSSR count). The van der Waals surface area contributed by atoms with E-state index in [-0.39, 0.29) is 11.9 Å². The van der Waals surface area contributed by atoms with Crippen molar-refractivity contribution >= 4 is 17.9 Å². The Kier molecular flexibility index (Phi) is 4.59. The molecule has 0 radical (unpaired) electrons. The number of aromatic nitrogens is 1. The SMILES string of the molecule is CC(=O)Oc1cnc2c(c1)C1(CCN(C3=NC(=O)C4(CC5=C(CCC=C5)C4)O3)CC1)OC2(C)C. The summed E-state index contributed by atoms with van der Waals surface area (Å²) in [5.74, 6) is -0.112. The third-order valence-electron chi connectivity index (χ3n) is 7.71. The number of likely N-dealkylation sites (tertiary alicyclic amines) is 1. The van der Waals surface area contributed by atoms with Crippen LogP contribution in [-0.2, 0) is 30.3 Å². The summed E-state index contributed by atoms with van der Waals surface area (Å²) in [5, 5.41) is 0. The second kappa shape index (κ2) is 7.25. The van der Waals surface area contributed by atoms with Gasteiger partial charge in [0.2, 0.25) is 5.60 Å². The topological polar surface area (TPSA) is 90.3 Å². The quantitative estimate of drug-likeness (QED) is 0.587. The largest absolute Gasteiger partial charge is 0.447 e. The maximum atomic E-state index is 13.0. The van der Waals surface area contributed by atoms with Crippen LogP contribution >= 0.6 is 0 Å². The molecule has 5 aliphatic rings. The Balaban J connectivity index is 1.20. The summed E-state index contributed by atoms with van der Waals surface area (Å²) in [5.41, 5.74) is 2.48. The van der Waals surface area contributed by atoms with Crippen LogP contribution in [0.2, 0.25) is 0 Å². The first-order valence-electron chi connectivity index (χ1n) is 12.0. The first kappa shape index (κ1) is 21.5. The van der Waals surface area contributed by atoms with Crippen LogP contribution in [0.15, 0.2) is 40.6 Å². The Hall–Kier alpha value is -3.00. The third-order valence-corrected chi connectivity index (χ3v) is 7.71. The lowest BCUT2D eigenvalue weighted by molar-refractivity contribution is -0.148. The Morgan fingerprint density at radius 1 is 1.18 bits per heavy atom. The van der Waals surface area contributed by atoms with Gasteiger partial charge in [0.25, 0.3) is 11.9 Å². The van der Waals surface area contributed by atoms with Crippen LogP contribution in [0.4, 0.5) is 0 Å². The Morgan fingerprint density at radius 2 is 1.97 bits per heavy atom. The van der Waals surface area contributed by atoms with Gasteiger partial charge >= 0.3 is 5.97 Å². The summed E-state index contributed by atoms with van der Waals surface area (Å²) in [6.07, 6.45) is 10.6. The number of rotatable bonds is 1. The van der Waals surface area contributed by atoms with E-state index in [4.69, 9.17) is 14.2 Å². The van der Waals surface area contributed by atoms with Gasteiger partial charge in [-0.2, -0.15) is 4.99 Å². The average molecular weight is 464 g/mol. The van der Waals surface area contributed by atoms with Crippen LogP contribution < -0.4 is 4.74 Å². The number of nitrogens with zero attached hydrogens (tertiary/aromatic N) is 3. The van der Waals surface area contributed by atoms with Crippen LogP contribution in [0.1, 0.15) is 70.6 Å². The lowest BCUT2D eigenvalue weighted by Gasteiger charge is -2.41. The highest BCUT2D eigenvalue weighted by Crippen LogP contribution is 2.52. The smallest absolute Gasteiger partial charge is 0.308 e. The second-order valence-corrected chi connectivity index (χ2v) is 10.5. The summed E-state index contributed by atoms with van der Waals surface area (Å²) in [6, 6.07) is 2.33. The highest BCUT2D eigenvalue weighted by atomic mass is 16.5. The van der Waals surface area contributed by atoms with Gasteiger partial charge < -0.3 is 19.1 Å². The van der Waals surface area contributed by atoms with E-state index in [1.54, 1.807) is 6.20 Å². The summed E-state index contributed by atoms with van der Waals surface area (Å²) in [4.78, 5) is 35.4. The lowest BCUT2D eigenvalue weighted by atomic mass is 9.84. The van der Waals surface area contributed by atoms with Crippen molar-refractivity contribution in [3.05, 3.63) is 46.8 Å². The fourth-order valence-corrected chi connectivity index (χ4v) is 6.17. The van der Waals surface area contributed by atoms with Crippen LogP contribution in [-0.4, -0.2) is 46.5 Å². The zero-order chi connectivity index (χ0) is 23.7. The Labute approximate surface area is 198 Å². The van der Waals surface area contributed by atoms with Crippen molar-refractivity contribution in [3.63, 3.8) is 0 Å². The molecule has 2 aliphatic carbocycles. The van der Waals surface area contributed by atoms with Gasteiger partial charge in [0.15, 0.2) is 0 Å². The summed E-state index contributed by atoms with van der Waals surface area (Å²) in [7, 11) is 0. The number of hydrogen-bond donors (Lipinski definition) is 0. The number of amidine groups is 1. The zero-order valence-corrected chi connectivity index (χ0v) is 19.8. The molecular weight excluding hydrogens is 434 g/mol. The number of ether oxygens (including phenoxy) is 3. The molecule has 8 heteroatoms. The fourth-order valence-electron chi connectivity index (χ4n) is 6.17. The molecule has 0 bridgehead atoms. The number of allylic oxidation sites excluding steroid dienone is 2. The molecule has 1 aromatic rings. The average Bonchev–Trinajstić information content (AvgIpc) is 3.38. The van der Waals surface area contributed by atoms with Crippen molar-refractivity contribution in [1.82, 2.24) is 9.88 Å². The molecule has 1 aromatic heterocycles. The number of esters is 1. The van der Waals surface area contributed by atoms with E-state index in [2.05, 4.69) is 27.0 Å². The number of fused-ring (bicyclic) bond motifs is 2. The van der Waals surface area contributed by atoms with Gasteiger partial charge in [0, 0.05) is 38.4 Å². The van der Waals surface area contributed by atoms with E-state index in [1.165, 1.54) is 18.1 Å². The van der Waals surface area contributed by atoms with E-state index >= 15 is 0 Å².